The lowest BCUT2D eigenvalue weighted by molar-refractivity contribution is -0.206. The van der Waals surface area contributed by atoms with Crippen LogP contribution in [0, 0.1) is 6.92 Å². The maximum absolute atomic E-state index is 12.8. The van der Waals surface area contributed by atoms with Gasteiger partial charge in [0.15, 0.2) is 17.1 Å². The van der Waals surface area contributed by atoms with Gasteiger partial charge in [0.25, 0.3) is 0 Å². The van der Waals surface area contributed by atoms with E-state index in [2.05, 4.69) is 0 Å². The number of carbonyl (C=O) groups is 3. The molecule has 0 radical (unpaired) electrons. The van der Waals surface area contributed by atoms with Gasteiger partial charge in [-0.2, -0.15) is 0 Å². The summed E-state index contributed by atoms with van der Waals surface area (Å²) in [7, 11) is 0. The number of benzene rings is 2. The SMILES string of the molecule is CCCCOC(=O)[C@@]1(O)C[C@@H](OC(=O)/C=C/c2ccc(C)c(O)c2)[C@H](O)[C@H](OC(=O)/C=C/c2ccc(O)c(O)c2)C1. The smallest absolute Gasteiger partial charge is 0.338 e. The molecule has 2 aromatic carbocycles. The van der Waals surface area contributed by atoms with Gasteiger partial charge in [-0.3, -0.25) is 0 Å². The molecule has 0 saturated heterocycles. The Kier molecular flexibility index (Phi) is 10.5. The van der Waals surface area contributed by atoms with Crippen molar-refractivity contribution in [2.24, 2.45) is 0 Å². The number of aromatic hydroxyl groups is 3. The van der Waals surface area contributed by atoms with E-state index in [1.807, 2.05) is 6.92 Å². The zero-order chi connectivity index (χ0) is 30.2. The van der Waals surface area contributed by atoms with Crippen molar-refractivity contribution in [2.45, 2.75) is 63.4 Å². The molecule has 0 aliphatic heterocycles. The van der Waals surface area contributed by atoms with Crippen LogP contribution < -0.4 is 0 Å². The van der Waals surface area contributed by atoms with Crippen molar-refractivity contribution < 1.29 is 54.1 Å². The van der Waals surface area contributed by atoms with E-state index < -0.39 is 60.4 Å². The summed E-state index contributed by atoms with van der Waals surface area (Å²) in [5.41, 5.74) is -0.706. The molecular weight excluding hydrogens is 536 g/mol. The lowest BCUT2D eigenvalue weighted by Gasteiger charge is -2.41. The third-order valence-electron chi connectivity index (χ3n) is 6.54. The quantitative estimate of drug-likeness (QED) is 0.0932. The van der Waals surface area contributed by atoms with Crippen LogP contribution in [0.4, 0.5) is 0 Å². The van der Waals surface area contributed by atoms with Gasteiger partial charge in [-0.15, -0.1) is 0 Å². The first kappa shape index (κ1) is 31.2. The Morgan fingerprint density at radius 2 is 1.41 bits per heavy atom. The molecule has 0 amide bonds. The van der Waals surface area contributed by atoms with E-state index in [9.17, 15) is 39.9 Å². The molecule has 4 atom stereocenters. The zero-order valence-electron chi connectivity index (χ0n) is 22.7. The minimum Gasteiger partial charge on any atom is -0.508 e. The van der Waals surface area contributed by atoms with Crippen molar-refractivity contribution in [3.63, 3.8) is 0 Å². The predicted octanol–water partition coefficient (Wildman–Crippen LogP) is 2.89. The van der Waals surface area contributed by atoms with Crippen LogP contribution in [0.3, 0.4) is 0 Å². The topological polar surface area (TPSA) is 180 Å². The third kappa shape index (κ3) is 8.57. The summed E-state index contributed by atoms with van der Waals surface area (Å²) in [6.45, 7) is 3.65. The Morgan fingerprint density at radius 1 is 0.878 bits per heavy atom. The summed E-state index contributed by atoms with van der Waals surface area (Å²) in [6.07, 6.45) is 0.520. The van der Waals surface area contributed by atoms with Gasteiger partial charge >= 0.3 is 17.9 Å². The fourth-order valence-corrected chi connectivity index (χ4v) is 4.14. The molecule has 0 bridgehead atoms. The highest BCUT2D eigenvalue weighted by atomic mass is 16.6. The van der Waals surface area contributed by atoms with Crippen molar-refractivity contribution in [3.8, 4) is 17.2 Å². The van der Waals surface area contributed by atoms with Crippen LogP contribution in [0.25, 0.3) is 12.2 Å². The fraction of sp³-hybridized carbons (Fsp3) is 0.367. The van der Waals surface area contributed by atoms with Gasteiger partial charge < -0.3 is 39.7 Å². The van der Waals surface area contributed by atoms with E-state index in [4.69, 9.17) is 14.2 Å². The largest absolute Gasteiger partial charge is 0.508 e. The first-order valence-electron chi connectivity index (χ1n) is 13.1. The first-order chi connectivity index (χ1) is 19.4. The molecule has 0 spiro atoms. The standard InChI is InChI=1S/C30H34O11/c1-3-4-13-39-29(37)30(38)16-24(40-26(34)11-8-19-6-5-18(2)22(32)14-19)28(36)25(17-30)41-27(35)12-9-20-7-10-21(31)23(33)15-20/h5-12,14-15,24-25,28,31-33,36,38H,3-4,13,16-17H2,1-2H3/b11-8+,12-9+/t24-,25-,28+,30-/m1/s1. The maximum atomic E-state index is 12.8. The van der Waals surface area contributed by atoms with Crippen LogP contribution in [0.15, 0.2) is 48.6 Å². The molecule has 2 aromatic rings. The monoisotopic (exact) mass is 570 g/mol. The van der Waals surface area contributed by atoms with E-state index in [1.54, 1.807) is 19.1 Å². The van der Waals surface area contributed by atoms with Gasteiger partial charge in [-0.05, 0) is 60.4 Å². The Labute approximate surface area is 236 Å². The summed E-state index contributed by atoms with van der Waals surface area (Å²) in [6, 6.07) is 8.64. The number of ether oxygens (including phenoxy) is 3. The summed E-state index contributed by atoms with van der Waals surface area (Å²) in [5, 5.41) is 51.0. The van der Waals surface area contributed by atoms with Crippen LogP contribution >= 0.6 is 0 Å². The highest BCUT2D eigenvalue weighted by molar-refractivity contribution is 5.88. The van der Waals surface area contributed by atoms with E-state index >= 15 is 0 Å². The highest BCUT2D eigenvalue weighted by Gasteiger charge is 2.53. The van der Waals surface area contributed by atoms with Crippen LogP contribution in [0.5, 0.6) is 17.2 Å². The molecule has 3 rings (SSSR count). The van der Waals surface area contributed by atoms with Crippen molar-refractivity contribution in [2.75, 3.05) is 6.61 Å². The molecule has 1 saturated carbocycles. The fourth-order valence-electron chi connectivity index (χ4n) is 4.14. The molecule has 0 unspecified atom stereocenters. The van der Waals surface area contributed by atoms with E-state index in [0.717, 1.165) is 18.6 Å². The Hall–Kier alpha value is -4.35. The van der Waals surface area contributed by atoms with Crippen molar-refractivity contribution in [3.05, 3.63) is 65.2 Å². The van der Waals surface area contributed by atoms with Crippen LogP contribution in [-0.4, -0.2) is 74.0 Å². The van der Waals surface area contributed by atoms with Gasteiger partial charge in [0.2, 0.25) is 0 Å². The summed E-state index contributed by atoms with van der Waals surface area (Å²) >= 11 is 0. The second kappa shape index (κ2) is 13.8. The molecule has 0 aromatic heterocycles. The summed E-state index contributed by atoms with van der Waals surface area (Å²) < 4.78 is 15.8. The average Bonchev–Trinajstić information content (AvgIpc) is 2.92. The maximum Gasteiger partial charge on any atom is 0.338 e. The first-order valence-corrected chi connectivity index (χ1v) is 13.1. The molecule has 1 aliphatic carbocycles. The van der Waals surface area contributed by atoms with Crippen molar-refractivity contribution in [1.29, 1.82) is 0 Å². The van der Waals surface area contributed by atoms with E-state index in [-0.39, 0.29) is 18.1 Å². The van der Waals surface area contributed by atoms with Crippen LogP contribution in [-0.2, 0) is 28.6 Å². The average molecular weight is 571 g/mol. The van der Waals surface area contributed by atoms with Crippen LogP contribution in [0.1, 0.15) is 49.3 Å². The number of unbranched alkanes of at least 4 members (excludes halogenated alkanes) is 1. The highest BCUT2D eigenvalue weighted by Crippen LogP contribution is 2.34. The van der Waals surface area contributed by atoms with Gasteiger partial charge in [0.1, 0.15) is 24.1 Å². The minimum atomic E-state index is -2.22. The third-order valence-corrected chi connectivity index (χ3v) is 6.54. The van der Waals surface area contributed by atoms with Gasteiger partial charge in [-0.1, -0.05) is 31.5 Å². The number of carbonyl (C=O) groups excluding carboxylic acids is 3. The zero-order valence-corrected chi connectivity index (χ0v) is 22.7. The van der Waals surface area contributed by atoms with Gasteiger partial charge in [0.05, 0.1) is 6.61 Å². The minimum absolute atomic E-state index is 0.0378. The Bertz CT molecular complexity index is 1230. The predicted molar refractivity (Wildman–Crippen MR) is 147 cm³/mol. The number of aryl methyl sites for hydroxylation is 1. The van der Waals surface area contributed by atoms with E-state index in [1.165, 1.54) is 36.4 Å². The molecule has 1 aliphatic rings. The summed E-state index contributed by atoms with van der Waals surface area (Å²) in [5.74, 6) is -3.55. The Balaban J connectivity index is 1.76. The normalized spacial score (nSPS) is 22.5. The molecular formula is C30H34O11. The molecule has 5 N–H and O–H groups in total. The lowest BCUT2D eigenvalue weighted by atomic mass is 9.79. The summed E-state index contributed by atoms with van der Waals surface area (Å²) in [4.78, 5) is 37.9. The Morgan fingerprint density at radius 3 is 1.93 bits per heavy atom. The number of aliphatic hydroxyl groups is 2. The van der Waals surface area contributed by atoms with Gasteiger partial charge in [-0.25, -0.2) is 14.4 Å². The second-order valence-corrected chi connectivity index (χ2v) is 9.83. The van der Waals surface area contributed by atoms with Crippen molar-refractivity contribution in [1.82, 2.24) is 0 Å². The molecule has 0 heterocycles. The van der Waals surface area contributed by atoms with Gasteiger partial charge in [0, 0.05) is 25.0 Å². The van der Waals surface area contributed by atoms with E-state index in [0.29, 0.717) is 23.1 Å². The van der Waals surface area contributed by atoms with Crippen molar-refractivity contribution >= 4 is 30.1 Å². The number of rotatable bonds is 10. The number of aliphatic hydroxyl groups excluding tert-OH is 1. The molecule has 11 nitrogen and oxygen atoms in total. The lowest BCUT2D eigenvalue weighted by Crippen LogP contribution is -2.58. The second-order valence-electron chi connectivity index (χ2n) is 9.83. The number of esters is 3. The molecule has 1 fully saturated rings. The van der Waals surface area contributed by atoms with Crippen LogP contribution in [0.2, 0.25) is 0 Å². The number of hydrogen-bond acceptors (Lipinski definition) is 11. The molecule has 220 valence electrons. The molecule has 11 heteroatoms. The number of phenolic OH excluding ortho intramolecular Hbond substituents is 3. The number of hydrogen-bond donors (Lipinski definition) is 5. The molecule has 41 heavy (non-hydrogen) atoms. The number of phenols is 3.